The lowest BCUT2D eigenvalue weighted by molar-refractivity contribution is -0.131. The van der Waals surface area contributed by atoms with Crippen LogP contribution in [-0.2, 0) is 9.59 Å². The molecule has 3 nitrogen and oxygen atoms in total. The van der Waals surface area contributed by atoms with Crippen LogP contribution in [0.25, 0.3) is 0 Å². The third kappa shape index (κ3) is 6.31. The number of amides is 1. The first kappa shape index (κ1) is 12.1. The Morgan fingerprint density at radius 2 is 2.08 bits per heavy atom. The lowest BCUT2D eigenvalue weighted by Crippen LogP contribution is -2.26. The zero-order chi connectivity index (χ0) is 10.3. The smallest absolute Gasteiger partial charge is 0.284 e. The van der Waals surface area contributed by atoms with Crippen molar-refractivity contribution in [3.05, 3.63) is 0 Å². The van der Waals surface area contributed by atoms with Crippen molar-refractivity contribution >= 4 is 12.2 Å². The van der Waals surface area contributed by atoms with Crippen LogP contribution in [0.15, 0.2) is 0 Å². The maximum absolute atomic E-state index is 10.5. The molecular formula is C10H19NO2. The van der Waals surface area contributed by atoms with Crippen LogP contribution < -0.4 is 5.32 Å². The maximum Gasteiger partial charge on any atom is 0.284 e. The predicted molar refractivity (Wildman–Crippen MR) is 52.4 cm³/mol. The minimum Gasteiger partial charge on any atom is -0.350 e. The van der Waals surface area contributed by atoms with Crippen molar-refractivity contribution in [2.24, 2.45) is 5.41 Å². The SMILES string of the molecule is CCC(C)(C)CCCNC(=O)C=O. The molecule has 1 amide bonds. The number of hydrogen-bond donors (Lipinski definition) is 1. The van der Waals surface area contributed by atoms with E-state index in [2.05, 4.69) is 26.1 Å². The molecule has 0 heterocycles. The molecule has 0 aliphatic carbocycles. The summed E-state index contributed by atoms with van der Waals surface area (Å²) in [6, 6.07) is 0. The van der Waals surface area contributed by atoms with Gasteiger partial charge in [0.1, 0.15) is 0 Å². The lowest BCUT2D eigenvalue weighted by atomic mass is 9.85. The van der Waals surface area contributed by atoms with Crippen LogP contribution in [0, 0.1) is 5.41 Å². The summed E-state index contributed by atoms with van der Waals surface area (Å²) in [5, 5.41) is 2.52. The van der Waals surface area contributed by atoms with Crippen molar-refractivity contribution in [3.8, 4) is 0 Å². The predicted octanol–water partition coefficient (Wildman–Crippen LogP) is 1.52. The Kier molecular flexibility index (Phi) is 5.35. The van der Waals surface area contributed by atoms with Gasteiger partial charge in [0.25, 0.3) is 5.91 Å². The summed E-state index contributed by atoms with van der Waals surface area (Å²) in [6.07, 6.45) is 3.45. The van der Waals surface area contributed by atoms with Crippen LogP contribution in [-0.4, -0.2) is 18.7 Å². The molecule has 0 aromatic heterocycles. The quantitative estimate of drug-likeness (QED) is 0.387. The van der Waals surface area contributed by atoms with E-state index >= 15 is 0 Å². The Labute approximate surface area is 79.9 Å². The molecule has 0 aromatic carbocycles. The first-order chi connectivity index (χ1) is 6.02. The topological polar surface area (TPSA) is 46.2 Å². The number of nitrogens with one attached hydrogen (secondary N) is 1. The van der Waals surface area contributed by atoms with Crippen molar-refractivity contribution in [3.63, 3.8) is 0 Å². The number of carbonyl (C=O) groups is 2. The molecule has 13 heavy (non-hydrogen) atoms. The van der Waals surface area contributed by atoms with Gasteiger partial charge in [-0.05, 0) is 18.3 Å². The molecule has 0 saturated heterocycles. The number of rotatable bonds is 6. The highest BCUT2D eigenvalue weighted by Crippen LogP contribution is 2.25. The van der Waals surface area contributed by atoms with Gasteiger partial charge in [-0.3, -0.25) is 9.59 Å². The van der Waals surface area contributed by atoms with Crippen molar-refractivity contribution in [1.29, 1.82) is 0 Å². The summed E-state index contributed by atoms with van der Waals surface area (Å²) in [7, 11) is 0. The third-order valence-corrected chi connectivity index (χ3v) is 2.39. The summed E-state index contributed by atoms with van der Waals surface area (Å²) in [5.74, 6) is -0.519. The molecule has 0 atom stereocenters. The molecule has 0 unspecified atom stereocenters. The molecular weight excluding hydrogens is 166 g/mol. The molecule has 0 aliphatic rings. The van der Waals surface area contributed by atoms with Crippen LogP contribution in [0.1, 0.15) is 40.0 Å². The van der Waals surface area contributed by atoms with Gasteiger partial charge in [-0.15, -0.1) is 0 Å². The highest BCUT2D eigenvalue weighted by molar-refractivity contribution is 6.23. The largest absolute Gasteiger partial charge is 0.350 e. The Bertz CT molecular complexity index is 176. The fourth-order valence-corrected chi connectivity index (χ4v) is 0.997. The van der Waals surface area contributed by atoms with Crippen LogP contribution >= 0.6 is 0 Å². The third-order valence-electron chi connectivity index (χ3n) is 2.39. The molecule has 0 aromatic rings. The van der Waals surface area contributed by atoms with Gasteiger partial charge in [0.15, 0.2) is 0 Å². The first-order valence-electron chi connectivity index (χ1n) is 4.75. The van der Waals surface area contributed by atoms with Gasteiger partial charge in [-0.1, -0.05) is 27.2 Å². The van der Waals surface area contributed by atoms with E-state index in [0.717, 1.165) is 19.3 Å². The molecule has 0 saturated carbocycles. The monoisotopic (exact) mass is 185 g/mol. The van der Waals surface area contributed by atoms with Crippen LogP contribution in [0.2, 0.25) is 0 Å². The van der Waals surface area contributed by atoms with E-state index in [1.54, 1.807) is 0 Å². The highest BCUT2D eigenvalue weighted by atomic mass is 16.2. The standard InChI is InChI=1S/C10H19NO2/c1-4-10(2,3)6-5-7-11-9(13)8-12/h8H,4-7H2,1-3H3,(H,11,13). The van der Waals surface area contributed by atoms with Crippen LogP contribution in [0.4, 0.5) is 0 Å². The summed E-state index contributed by atoms with van der Waals surface area (Å²) in [6.45, 7) is 7.16. The highest BCUT2D eigenvalue weighted by Gasteiger charge is 2.13. The van der Waals surface area contributed by atoms with E-state index in [4.69, 9.17) is 0 Å². The van der Waals surface area contributed by atoms with Crippen molar-refractivity contribution in [1.82, 2.24) is 5.32 Å². The van der Waals surface area contributed by atoms with Gasteiger partial charge >= 0.3 is 0 Å². The van der Waals surface area contributed by atoms with Crippen molar-refractivity contribution in [2.75, 3.05) is 6.54 Å². The normalized spacial score (nSPS) is 11.0. The van der Waals surface area contributed by atoms with E-state index in [9.17, 15) is 9.59 Å². The number of carbonyl (C=O) groups excluding carboxylic acids is 2. The molecule has 1 N–H and O–H groups in total. The van der Waals surface area contributed by atoms with Crippen LogP contribution in [0.5, 0.6) is 0 Å². The minimum atomic E-state index is -0.519. The molecule has 76 valence electrons. The van der Waals surface area contributed by atoms with E-state index in [1.165, 1.54) is 0 Å². The second-order valence-corrected chi connectivity index (χ2v) is 4.03. The Balaban J connectivity index is 3.46. The van der Waals surface area contributed by atoms with Gasteiger partial charge < -0.3 is 5.32 Å². The molecule has 0 aliphatic heterocycles. The first-order valence-corrected chi connectivity index (χ1v) is 4.75. The van der Waals surface area contributed by atoms with E-state index in [-0.39, 0.29) is 0 Å². The van der Waals surface area contributed by atoms with Gasteiger partial charge in [0.2, 0.25) is 6.29 Å². The molecule has 0 fully saturated rings. The Hall–Kier alpha value is -0.860. The summed E-state index contributed by atoms with van der Waals surface area (Å²) in [4.78, 5) is 20.5. The number of hydrogen-bond acceptors (Lipinski definition) is 2. The van der Waals surface area contributed by atoms with E-state index in [0.29, 0.717) is 18.2 Å². The second-order valence-electron chi connectivity index (χ2n) is 4.03. The van der Waals surface area contributed by atoms with Gasteiger partial charge in [-0.25, -0.2) is 0 Å². The summed E-state index contributed by atoms with van der Waals surface area (Å²) >= 11 is 0. The van der Waals surface area contributed by atoms with Crippen molar-refractivity contribution in [2.45, 2.75) is 40.0 Å². The number of aldehydes is 1. The van der Waals surface area contributed by atoms with E-state index < -0.39 is 5.91 Å². The second kappa shape index (κ2) is 5.73. The molecule has 0 radical (unpaired) electrons. The molecule has 0 spiro atoms. The Morgan fingerprint density at radius 3 is 2.54 bits per heavy atom. The summed E-state index contributed by atoms with van der Waals surface area (Å²) in [5.41, 5.74) is 0.339. The van der Waals surface area contributed by atoms with Gasteiger partial charge in [0, 0.05) is 6.54 Å². The lowest BCUT2D eigenvalue weighted by Gasteiger charge is -2.22. The fraction of sp³-hybridized carbons (Fsp3) is 0.800. The zero-order valence-corrected chi connectivity index (χ0v) is 8.72. The average Bonchev–Trinajstić information content (AvgIpc) is 2.12. The maximum atomic E-state index is 10.5. The zero-order valence-electron chi connectivity index (χ0n) is 8.72. The average molecular weight is 185 g/mol. The molecule has 0 bridgehead atoms. The molecule has 3 heteroatoms. The summed E-state index contributed by atoms with van der Waals surface area (Å²) < 4.78 is 0. The molecule has 0 rings (SSSR count). The van der Waals surface area contributed by atoms with Gasteiger partial charge in [0.05, 0.1) is 0 Å². The van der Waals surface area contributed by atoms with Crippen LogP contribution in [0.3, 0.4) is 0 Å². The minimum absolute atomic E-state index is 0.310. The fourth-order valence-electron chi connectivity index (χ4n) is 0.997. The van der Waals surface area contributed by atoms with E-state index in [1.807, 2.05) is 0 Å². The van der Waals surface area contributed by atoms with Crippen molar-refractivity contribution < 1.29 is 9.59 Å². The Morgan fingerprint density at radius 1 is 1.46 bits per heavy atom. The van der Waals surface area contributed by atoms with Gasteiger partial charge in [-0.2, -0.15) is 0 Å².